The standard InChI is InChI=1S/C24H24FN3O5S/c1-4-33-23-22(32-2)12-10-18(26-23)21(14-34(3,30)31)28-20-11-9-15(13-19(20)27-24(28)29)16-7-5-6-8-17(16)25/h5-13,21H,4,14H2,1-3H3,(H,27,29). The number of rotatable bonds is 8. The quantitative estimate of drug-likeness (QED) is 0.409. The summed E-state index contributed by atoms with van der Waals surface area (Å²) in [5.41, 5.74) is 1.71. The highest BCUT2D eigenvalue weighted by molar-refractivity contribution is 7.90. The Kier molecular flexibility index (Phi) is 6.43. The summed E-state index contributed by atoms with van der Waals surface area (Å²) in [4.78, 5) is 20.3. The molecule has 1 atom stereocenters. The van der Waals surface area contributed by atoms with Gasteiger partial charge in [-0.15, -0.1) is 0 Å². The number of nitrogens with zero attached hydrogens (tertiary/aromatic N) is 2. The molecular formula is C24H24FN3O5S. The summed E-state index contributed by atoms with van der Waals surface area (Å²) in [5, 5.41) is 0. The van der Waals surface area contributed by atoms with Crippen molar-refractivity contribution in [2.75, 3.05) is 25.7 Å². The number of aromatic amines is 1. The first-order valence-electron chi connectivity index (χ1n) is 10.6. The number of benzene rings is 2. The second-order valence-corrected chi connectivity index (χ2v) is 9.98. The minimum atomic E-state index is -3.52. The molecule has 0 amide bonds. The van der Waals surface area contributed by atoms with Crippen LogP contribution in [0.5, 0.6) is 11.6 Å². The van der Waals surface area contributed by atoms with Gasteiger partial charge < -0.3 is 14.5 Å². The molecule has 0 radical (unpaired) electrons. The van der Waals surface area contributed by atoms with E-state index in [9.17, 15) is 17.6 Å². The van der Waals surface area contributed by atoms with Crippen molar-refractivity contribution in [2.24, 2.45) is 0 Å². The van der Waals surface area contributed by atoms with Crippen molar-refractivity contribution in [1.29, 1.82) is 0 Å². The Morgan fingerprint density at radius 2 is 1.91 bits per heavy atom. The zero-order chi connectivity index (χ0) is 24.5. The molecule has 0 aliphatic heterocycles. The van der Waals surface area contributed by atoms with Crippen LogP contribution in [0.2, 0.25) is 0 Å². The van der Waals surface area contributed by atoms with Crippen molar-refractivity contribution < 1.29 is 22.3 Å². The number of methoxy groups -OCH3 is 1. The fourth-order valence-corrected chi connectivity index (χ4v) is 4.80. The highest BCUT2D eigenvalue weighted by atomic mass is 32.2. The van der Waals surface area contributed by atoms with Crippen molar-refractivity contribution in [2.45, 2.75) is 13.0 Å². The van der Waals surface area contributed by atoms with Gasteiger partial charge in [0.1, 0.15) is 15.7 Å². The summed E-state index contributed by atoms with van der Waals surface area (Å²) >= 11 is 0. The molecule has 2 aromatic heterocycles. The predicted molar refractivity (Wildman–Crippen MR) is 128 cm³/mol. The molecule has 0 saturated heterocycles. The van der Waals surface area contributed by atoms with E-state index in [2.05, 4.69) is 9.97 Å². The summed E-state index contributed by atoms with van der Waals surface area (Å²) in [6, 6.07) is 13.7. The number of fused-ring (bicyclic) bond motifs is 1. The lowest BCUT2D eigenvalue weighted by atomic mass is 10.0. The summed E-state index contributed by atoms with van der Waals surface area (Å²) in [6.45, 7) is 2.12. The fourth-order valence-electron chi connectivity index (χ4n) is 3.91. The van der Waals surface area contributed by atoms with Gasteiger partial charge in [-0.05, 0) is 42.8 Å². The molecule has 0 spiro atoms. The number of H-pyrrole nitrogens is 1. The lowest BCUT2D eigenvalue weighted by Crippen LogP contribution is -2.29. The zero-order valence-corrected chi connectivity index (χ0v) is 19.7. The molecule has 4 aromatic rings. The van der Waals surface area contributed by atoms with E-state index in [4.69, 9.17) is 9.47 Å². The Balaban J connectivity index is 1.89. The topological polar surface area (TPSA) is 103 Å². The fraction of sp³-hybridized carbons (Fsp3) is 0.250. The molecule has 0 aliphatic rings. The predicted octanol–water partition coefficient (Wildman–Crippen LogP) is 3.57. The smallest absolute Gasteiger partial charge is 0.327 e. The molecule has 34 heavy (non-hydrogen) atoms. The SMILES string of the molecule is CCOc1nc(C(CS(C)(=O)=O)n2c(=O)[nH]c3cc(-c4ccccc4F)ccc32)ccc1OC. The summed E-state index contributed by atoms with van der Waals surface area (Å²) in [5.74, 6) is -0.149. The third-order valence-corrected chi connectivity index (χ3v) is 6.28. The van der Waals surface area contributed by atoms with Crippen molar-refractivity contribution in [3.63, 3.8) is 0 Å². The van der Waals surface area contributed by atoms with E-state index in [-0.39, 0.29) is 17.5 Å². The van der Waals surface area contributed by atoms with Gasteiger partial charge in [-0.3, -0.25) is 4.57 Å². The monoisotopic (exact) mass is 485 g/mol. The average molecular weight is 486 g/mol. The number of imidazole rings is 1. The van der Waals surface area contributed by atoms with Crippen LogP contribution in [-0.2, 0) is 9.84 Å². The third-order valence-electron chi connectivity index (χ3n) is 5.36. The van der Waals surface area contributed by atoms with Crippen LogP contribution in [0.1, 0.15) is 18.7 Å². The van der Waals surface area contributed by atoms with E-state index >= 15 is 0 Å². The molecule has 0 bridgehead atoms. The Hall–Kier alpha value is -3.66. The van der Waals surface area contributed by atoms with Crippen molar-refractivity contribution >= 4 is 20.9 Å². The Labute approximate surface area is 195 Å². The molecule has 0 saturated carbocycles. The van der Waals surface area contributed by atoms with Crippen LogP contribution < -0.4 is 15.2 Å². The number of ether oxygens (including phenoxy) is 2. The molecule has 178 valence electrons. The van der Waals surface area contributed by atoms with E-state index < -0.39 is 21.6 Å². The van der Waals surface area contributed by atoms with Crippen LogP contribution in [0.15, 0.2) is 59.4 Å². The minimum Gasteiger partial charge on any atom is -0.491 e. The molecule has 1 N–H and O–H groups in total. The second kappa shape index (κ2) is 9.30. The van der Waals surface area contributed by atoms with Gasteiger partial charge in [-0.1, -0.05) is 24.3 Å². The van der Waals surface area contributed by atoms with E-state index in [1.807, 2.05) is 0 Å². The molecule has 1 unspecified atom stereocenters. The number of pyridine rings is 1. The Bertz CT molecular complexity index is 1510. The summed E-state index contributed by atoms with van der Waals surface area (Å²) < 4.78 is 51.1. The second-order valence-electron chi connectivity index (χ2n) is 7.80. The molecule has 0 fully saturated rings. The first kappa shape index (κ1) is 23.5. The zero-order valence-electron chi connectivity index (χ0n) is 18.9. The number of halogens is 1. The van der Waals surface area contributed by atoms with Crippen molar-refractivity contribution in [3.8, 4) is 22.8 Å². The number of sulfone groups is 1. The van der Waals surface area contributed by atoms with E-state index in [1.54, 1.807) is 55.5 Å². The highest BCUT2D eigenvalue weighted by Gasteiger charge is 2.26. The summed E-state index contributed by atoms with van der Waals surface area (Å²) in [7, 11) is -2.04. The number of hydrogen-bond donors (Lipinski definition) is 1. The molecular weight excluding hydrogens is 461 g/mol. The van der Waals surface area contributed by atoms with Crippen molar-refractivity contribution in [1.82, 2.24) is 14.5 Å². The molecule has 4 rings (SSSR count). The number of hydrogen-bond acceptors (Lipinski definition) is 6. The van der Waals surface area contributed by atoms with E-state index in [1.165, 1.54) is 17.7 Å². The maximum absolute atomic E-state index is 14.3. The molecule has 2 heterocycles. The minimum absolute atomic E-state index is 0.204. The van der Waals surface area contributed by atoms with Gasteiger partial charge in [0, 0.05) is 11.8 Å². The first-order valence-corrected chi connectivity index (χ1v) is 12.6. The number of aromatic nitrogens is 3. The largest absolute Gasteiger partial charge is 0.491 e. The average Bonchev–Trinajstić information content (AvgIpc) is 3.12. The van der Waals surface area contributed by atoms with E-state index in [0.717, 1.165) is 6.26 Å². The maximum atomic E-state index is 14.3. The van der Waals surface area contributed by atoms with Gasteiger partial charge in [0.25, 0.3) is 5.88 Å². The van der Waals surface area contributed by atoms with Gasteiger partial charge in [0.05, 0.1) is 42.2 Å². The van der Waals surface area contributed by atoms with Gasteiger partial charge in [-0.25, -0.2) is 22.6 Å². The van der Waals surface area contributed by atoms with Gasteiger partial charge >= 0.3 is 5.69 Å². The lowest BCUT2D eigenvalue weighted by molar-refractivity contribution is 0.296. The van der Waals surface area contributed by atoms with Gasteiger partial charge in [0.2, 0.25) is 0 Å². The Morgan fingerprint density at radius 1 is 1.15 bits per heavy atom. The third kappa shape index (κ3) is 4.67. The molecule has 2 aromatic carbocycles. The summed E-state index contributed by atoms with van der Waals surface area (Å²) in [6.07, 6.45) is 1.10. The van der Waals surface area contributed by atoms with Crippen LogP contribution in [-0.4, -0.2) is 48.7 Å². The van der Waals surface area contributed by atoms with Crippen LogP contribution in [0, 0.1) is 5.82 Å². The van der Waals surface area contributed by atoms with Gasteiger partial charge in [-0.2, -0.15) is 0 Å². The highest BCUT2D eigenvalue weighted by Crippen LogP contribution is 2.31. The molecule has 0 aliphatic carbocycles. The van der Waals surface area contributed by atoms with Crippen molar-refractivity contribution in [3.05, 3.63) is 76.6 Å². The Morgan fingerprint density at radius 3 is 2.59 bits per heavy atom. The van der Waals surface area contributed by atoms with Crippen LogP contribution >= 0.6 is 0 Å². The van der Waals surface area contributed by atoms with Crippen LogP contribution in [0.3, 0.4) is 0 Å². The number of nitrogens with one attached hydrogen (secondary N) is 1. The maximum Gasteiger partial charge on any atom is 0.327 e. The van der Waals surface area contributed by atoms with Crippen LogP contribution in [0.4, 0.5) is 4.39 Å². The first-order chi connectivity index (χ1) is 16.2. The van der Waals surface area contributed by atoms with Gasteiger partial charge in [0.15, 0.2) is 5.75 Å². The van der Waals surface area contributed by atoms with Crippen LogP contribution in [0.25, 0.3) is 22.2 Å². The van der Waals surface area contributed by atoms with E-state index in [0.29, 0.717) is 40.2 Å². The molecule has 8 nitrogen and oxygen atoms in total. The molecule has 10 heteroatoms. The lowest BCUT2D eigenvalue weighted by Gasteiger charge is -2.19. The normalized spacial score (nSPS) is 12.6.